The monoisotopic (exact) mass is 259 g/mol. The number of thioether (sulfide) groups is 1. The number of amides is 1. The van der Waals surface area contributed by atoms with E-state index in [4.69, 9.17) is 9.84 Å². The van der Waals surface area contributed by atoms with Crippen molar-refractivity contribution in [3.05, 3.63) is 0 Å². The van der Waals surface area contributed by atoms with E-state index in [0.29, 0.717) is 13.2 Å². The van der Waals surface area contributed by atoms with Crippen LogP contribution >= 0.6 is 11.8 Å². The van der Waals surface area contributed by atoms with Crippen molar-refractivity contribution in [2.75, 3.05) is 31.2 Å². The highest BCUT2D eigenvalue weighted by Crippen LogP contribution is 2.25. The van der Waals surface area contributed by atoms with Gasteiger partial charge >= 0.3 is 5.97 Å². The van der Waals surface area contributed by atoms with E-state index in [-0.39, 0.29) is 18.4 Å². The molecule has 1 unspecified atom stereocenters. The topological polar surface area (TPSA) is 66.8 Å². The van der Waals surface area contributed by atoms with Gasteiger partial charge in [-0.15, -0.1) is 0 Å². The maximum Gasteiger partial charge on any atom is 0.334 e. The van der Waals surface area contributed by atoms with Crippen molar-refractivity contribution in [2.24, 2.45) is 5.92 Å². The molecule has 0 spiro atoms. The molecule has 6 heteroatoms. The molecule has 0 aromatic rings. The summed E-state index contributed by atoms with van der Waals surface area (Å²) in [5, 5.41) is 8.88. The molecule has 96 valence electrons. The highest BCUT2D eigenvalue weighted by atomic mass is 32.2. The Morgan fingerprint density at radius 3 is 2.65 bits per heavy atom. The summed E-state index contributed by atoms with van der Waals surface area (Å²) >= 11 is 1.88. The zero-order chi connectivity index (χ0) is 12.3. The number of carboxylic acids is 1. The van der Waals surface area contributed by atoms with Crippen LogP contribution in [0, 0.1) is 5.92 Å². The number of hydrogen-bond donors (Lipinski definition) is 1. The van der Waals surface area contributed by atoms with Crippen LogP contribution in [0.5, 0.6) is 0 Å². The van der Waals surface area contributed by atoms with Gasteiger partial charge in [-0.05, 0) is 24.3 Å². The SMILES string of the molecule is O=C(O)C1CN(C(=O)C2CCSCC2)CCO1. The summed E-state index contributed by atoms with van der Waals surface area (Å²) in [4.78, 5) is 24.7. The van der Waals surface area contributed by atoms with Gasteiger partial charge in [0.15, 0.2) is 6.10 Å². The largest absolute Gasteiger partial charge is 0.479 e. The van der Waals surface area contributed by atoms with E-state index < -0.39 is 12.1 Å². The number of hydrogen-bond acceptors (Lipinski definition) is 4. The maximum atomic E-state index is 12.2. The summed E-state index contributed by atoms with van der Waals surface area (Å²) in [6.45, 7) is 1.04. The van der Waals surface area contributed by atoms with Crippen LogP contribution in [0.4, 0.5) is 0 Å². The molecule has 0 radical (unpaired) electrons. The lowest BCUT2D eigenvalue weighted by molar-refractivity contribution is -0.160. The first-order valence-electron chi connectivity index (χ1n) is 5.89. The van der Waals surface area contributed by atoms with Crippen LogP contribution in [0.3, 0.4) is 0 Å². The van der Waals surface area contributed by atoms with Crippen LogP contribution in [0.15, 0.2) is 0 Å². The Morgan fingerprint density at radius 1 is 1.29 bits per heavy atom. The Morgan fingerprint density at radius 2 is 2.00 bits per heavy atom. The first-order chi connectivity index (χ1) is 8.18. The summed E-state index contributed by atoms with van der Waals surface area (Å²) in [6, 6.07) is 0. The molecule has 1 atom stereocenters. The molecule has 1 N–H and O–H groups in total. The van der Waals surface area contributed by atoms with Gasteiger partial charge in [0.25, 0.3) is 0 Å². The van der Waals surface area contributed by atoms with Crippen LogP contribution in [0.25, 0.3) is 0 Å². The first kappa shape index (κ1) is 12.7. The standard InChI is InChI=1S/C11H17NO4S/c13-10(8-1-5-17-6-2-8)12-3-4-16-9(7-12)11(14)15/h8-9H,1-7H2,(H,14,15). The van der Waals surface area contributed by atoms with Crippen LogP contribution < -0.4 is 0 Å². The van der Waals surface area contributed by atoms with Gasteiger partial charge in [-0.1, -0.05) is 0 Å². The molecule has 2 aliphatic heterocycles. The number of carbonyl (C=O) groups is 2. The normalized spacial score (nSPS) is 26.8. The number of morpholine rings is 1. The summed E-state index contributed by atoms with van der Waals surface area (Å²) in [6.07, 6.45) is 0.975. The fourth-order valence-electron chi connectivity index (χ4n) is 2.20. The average Bonchev–Trinajstić information content (AvgIpc) is 2.39. The summed E-state index contributed by atoms with van der Waals surface area (Å²) in [7, 11) is 0. The van der Waals surface area contributed by atoms with Gasteiger partial charge in [-0.3, -0.25) is 4.79 Å². The van der Waals surface area contributed by atoms with Gasteiger partial charge in [0.1, 0.15) is 0 Å². The molecule has 2 aliphatic rings. The Bertz CT molecular complexity index is 304. The highest BCUT2D eigenvalue weighted by molar-refractivity contribution is 7.99. The Hall–Kier alpha value is -0.750. The number of carboxylic acid groups (broad SMARTS) is 1. The Labute approximate surface area is 104 Å². The smallest absolute Gasteiger partial charge is 0.334 e. The second kappa shape index (κ2) is 5.73. The molecule has 2 saturated heterocycles. The van der Waals surface area contributed by atoms with Crippen LogP contribution in [0.2, 0.25) is 0 Å². The molecule has 0 saturated carbocycles. The van der Waals surface area contributed by atoms with Crippen molar-refractivity contribution in [1.29, 1.82) is 0 Å². The van der Waals surface area contributed by atoms with Crippen molar-refractivity contribution < 1.29 is 19.4 Å². The third-order valence-corrected chi connectivity index (χ3v) is 4.27. The number of aliphatic carboxylic acids is 1. The van der Waals surface area contributed by atoms with Gasteiger partial charge < -0.3 is 14.7 Å². The molecule has 2 heterocycles. The molecule has 0 aliphatic carbocycles. The fraction of sp³-hybridized carbons (Fsp3) is 0.818. The highest BCUT2D eigenvalue weighted by Gasteiger charge is 2.32. The molecule has 0 aromatic heterocycles. The molecule has 0 aromatic carbocycles. The molecule has 1 amide bonds. The van der Waals surface area contributed by atoms with Gasteiger partial charge in [0.05, 0.1) is 13.2 Å². The summed E-state index contributed by atoms with van der Waals surface area (Å²) in [5.74, 6) is 1.27. The van der Waals surface area contributed by atoms with E-state index in [2.05, 4.69) is 0 Å². The lowest BCUT2D eigenvalue weighted by Crippen LogP contribution is -2.50. The van der Waals surface area contributed by atoms with E-state index in [1.54, 1.807) is 4.90 Å². The Balaban J connectivity index is 1.91. The third-order valence-electron chi connectivity index (χ3n) is 3.22. The minimum atomic E-state index is -0.985. The van der Waals surface area contributed by atoms with E-state index in [9.17, 15) is 9.59 Å². The molecule has 2 fully saturated rings. The van der Waals surface area contributed by atoms with Crippen molar-refractivity contribution in [3.63, 3.8) is 0 Å². The molecular weight excluding hydrogens is 242 g/mol. The Kier molecular flexibility index (Phi) is 4.28. The minimum Gasteiger partial charge on any atom is -0.479 e. The van der Waals surface area contributed by atoms with E-state index in [1.165, 1.54) is 0 Å². The van der Waals surface area contributed by atoms with Gasteiger partial charge in [-0.25, -0.2) is 4.79 Å². The first-order valence-corrected chi connectivity index (χ1v) is 7.05. The van der Waals surface area contributed by atoms with Crippen molar-refractivity contribution in [1.82, 2.24) is 4.90 Å². The molecule has 0 bridgehead atoms. The van der Waals surface area contributed by atoms with Crippen LogP contribution in [0.1, 0.15) is 12.8 Å². The van der Waals surface area contributed by atoms with Gasteiger partial charge in [0, 0.05) is 12.5 Å². The number of nitrogens with zero attached hydrogens (tertiary/aromatic N) is 1. The summed E-state index contributed by atoms with van der Waals surface area (Å²) < 4.78 is 5.11. The zero-order valence-electron chi connectivity index (χ0n) is 9.63. The predicted molar refractivity (Wildman–Crippen MR) is 64.0 cm³/mol. The minimum absolute atomic E-state index is 0.0868. The second-order valence-electron chi connectivity index (χ2n) is 4.37. The summed E-state index contributed by atoms with van der Waals surface area (Å²) in [5.41, 5.74) is 0. The number of ether oxygens (including phenoxy) is 1. The van der Waals surface area contributed by atoms with Gasteiger partial charge in [-0.2, -0.15) is 11.8 Å². The predicted octanol–water partition coefficient (Wildman–Crippen LogP) is 0.442. The van der Waals surface area contributed by atoms with Crippen LogP contribution in [-0.4, -0.2) is 59.2 Å². The fourth-order valence-corrected chi connectivity index (χ4v) is 3.31. The lowest BCUT2D eigenvalue weighted by atomic mass is 10.0. The van der Waals surface area contributed by atoms with Crippen molar-refractivity contribution in [3.8, 4) is 0 Å². The average molecular weight is 259 g/mol. The lowest BCUT2D eigenvalue weighted by Gasteiger charge is -2.34. The van der Waals surface area contributed by atoms with Crippen LogP contribution in [-0.2, 0) is 14.3 Å². The number of carbonyl (C=O) groups excluding carboxylic acids is 1. The van der Waals surface area contributed by atoms with E-state index in [1.807, 2.05) is 11.8 Å². The van der Waals surface area contributed by atoms with Crippen molar-refractivity contribution in [2.45, 2.75) is 18.9 Å². The number of rotatable bonds is 2. The van der Waals surface area contributed by atoms with Crippen molar-refractivity contribution >= 4 is 23.6 Å². The molecule has 5 nitrogen and oxygen atoms in total. The molecule has 2 rings (SSSR count). The molecular formula is C11H17NO4S. The maximum absolute atomic E-state index is 12.2. The molecule has 17 heavy (non-hydrogen) atoms. The quantitative estimate of drug-likeness (QED) is 0.779. The van der Waals surface area contributed by atoms with Gasteiger partial charge in [0.2, 0.25) is 5.91 Å². The third kappa shape index (κ3) is 3.13. The van der Waals surface area contributed by atoms with E-state index in [0.717, 1.165) is 24.3 Å². The van der Waals surface area contributed by atoms with E-state index >= 15 is 0 Å². The zero-order valence-corrected chi connectivity index (χ0v) is 10.4. The second-order valence-corrected chi connectivity index (χ2v) is 5.59.